The fourth-order valence-corrected chi connectivity index (χ4v) is 3.89. The molecular weight excluding hydrogens is 360 g/mol. The lowest BCUT2D eigenvalue weighted by atomic mass is 10.1. The second-order valence-corrected chi connectivity index (χ2v) is 8.11. The SMILES string of the molecule is Cc1ccc(Cn2nc(C)c(/C=C/C(=O)NCCCN3CCCCC3)c2C)cc1. The Kier molecular flexibility index (Phi) is 7.64. The van der Waals surface area contributed by atoms with E-state index in [1.54, 1.807) is 6.08 Å². The standard InChI is InChI=1S/C24H34N4O/c1-19-8-10-22(11-9-19)18-28-21(3)23(20(2)26-28)12-13-24(29)25-14-7-17-27-15-5-4-6-16-27/h8-13H,4-7,14-18H2,1-3H3,(H,25,29)/b13-12+. The van der Waals surface area contributed by atoms with Crippen molar-refractivity contribution in [2.24, 2.45) is 0 Å². The van der Waals surface area contributed by atoms with Gasteiger partial charge in [0.05, 0.1) is 12.2 Å². The first kappa shape index (κ1) is 21.3. The van der Waals surface area contributed by atoms with E-state index in [0.29, 0.717) is 0 Å². The molecule has 0 radical (unpaired) electrons. The predicted octanol–water partition coefficient (Wildman–Crippen LogP) is 3.86. The number of nitrogens with one attached hydrogen (secondary N) is 1. The molecule has 1 aromatic carbocycles. The van der Waals surface area contributed by atoms with Gasteiger partial charge in [0.1, 0.15) is 0 Å². The number of carbonyl (C=O) groups is 1. The van der Waals surface area contributed by atoms with Crippen LogP contribution in [0.1, 0.15) is 53.8 Å². The molecule has 3 rings (SSSR count). The molecule has 1 amide bonds. The Morgan fingerprint density at radius 2 is 1.83 bits per heavy atom. The highest BCUT2D eigenvalue weighted by atomic mass is 16.1. The zero-order valence-corrected chi connectivity index (χ0v) is 18.1. The molecule has 1 aliphatic heterocycles. The second kappa shape index (κ2) is 10.4. The van der Waals surface area contributed by atoms with Gasteiger partial charge in [-0.15, -0.1) is 0 Å². The summed E-state index contributed by atoms with van der Waals surface area (Å²) in [6.45, 7) is 11.1. The molecular formula is C24H34N4O. The van der Waals surface area contributed by atoms with Crippen LogP contribution in [0.5, 0.6) is 0 Å². The van der Waals surface area contributed by atoms with Crippen molar-refractivity contribution in [2.45, 2.75) is 53.0 Å². The highest BCUT2D eigenvalue weighted by Crippen LogP contribution is 2.17. The summed E-state index contributed by atoms with van der Waals surface area (Å²) in [5, 5.41) is 7.66. The van der Waals surface area contributed by atoms with Crippen LogP contribution >= 0.6 is 0 Å². The van der Waals surface area contributed by atoms with Gasteiger partial charge in [0.15, 0.2) is 0 Å². The highest BCUT2D eigenvalue weighted by molar-refractivity contribution is 5.91. The zero-order valence-electron chi connectivity index (χ0n) is 18.1. The number of piperidine rings is 1. The van der Waals surface area contributed by atoms with Crippen LogP contribution in [0, 0.1) is 20.8 Å². The Hall–Kier alpha value is -2.40. The predicted molar refractivity (Wildman–Crippen MR) is 119 cm³/mol. The minimum absolute atomic E-state index is 0.0336. The van der Waals surface area contributed by atoms with E-state index in [2.05, 4.69) is 53.4 Å². The molecule has 156 valence electrons. The van der Waals surface area contributed by atoms with Crippen molar-refractivity contribution in [3.05, 3.63) is 58.4 Å². The number of hydrogen-bond acceptors (Lipinski definition) is 3. The molecule has 0 bridgehead atoms. The van der Waals surface area contributed by atoms with E-state index in [4.69, 9.17) is 0 Å². The molecule has 1 fully saturated rings. The topological polar surface area (TPSA) is 50.2 Å². The number of amides is 1. The molecule has 1 aromatic heterocycles. The first-order chi connectivity index (χ1) is 14.0. The monoisotopic (exact) mass is 394 g/mol. The summed E-state index contributed by atoms with van der Waals surface area (Å²) in [4.78, 5) is 14.7. The molecule has 2 aromatic rings. The van der Waals surface area contributed by atoms with Crippen LogP contribution in [0.25, 0.3) is 6.08 Å². The average Bonchev–Trinajstić information content (AvgIpc) is 2.99. The molecule has 5 heteroatoms. The molecule has 1 aliphatic rings. The van der Waals surface area contributed by atoms with E-state index < -0.39 is 0 Å². The minimum atomic E-state index is -0.0336. The van der Waals surface area contributed by atoms with Gasteiger partial charge in [-0.2, -0.15) is 5.10 Å². The number of aryl methyl sites for hydroxylation is 2. The number of hydrogen-bond donors (Lipinski definition) is 1. The van der Waals surface area contributed by atoms with Gasteiger partial charge in [-0.05, 0) is 71.3 Å². The van der Waals surface area contributed by atoms with Crippen molar-refractivity contribution in [3.63, 3.8) is 0 Å². The maximum atomic E-state index is 12.2. The average molecular weight is 395 g/mol. The van der Waals surface area contributed by atoms with Crippen molar-refractivity contribution in [2.75, 3.05) is 26.2 Å². The van der Waals surface area contributed by atoms with E-state index in [-0.39, 0.29) is 5.91 Å². The first-order valence-corrected chi connectivity index (χ1v) is 10.8. The number of carbonyl (C=O) groups excluding carboxylic acids is 1. The molecule has 0 saturated carbocycles. The van der Waals surface area contributed by atoms with Crippen LogP contribution in [-0.2, 0) is 11.3 Å². The molecule has 0 unspecified atom stereocenters. The summed E-state index contributed by atoms with van der Waals surface area (Å²) in [7, 11) is 0. The van der Waals surface area contributed by atoms with Crippen LogP contribution in [0.2, 0.25) is 0 Å². The Balaban J connectivity index is 1.49. The molecule has 0 spiro atoms. The van der Waals surface area contributed by atoms with Crippen LogP contribution in [0.15, 0.2) is 30.3 Å². The van der Waals surface area contributed by atoms with Crippen molar-refractivity contribution >= 4 is 12.0 Å². The first-order valence-electron chi connectivity index (χ1n) is 10.8. The molecule has 29 heavy (non-hydrogen) atoms. The van der Waals surface area contributed by atoms with Crippen molar-refractivity contribution in [1.82, 2.24) is 20.0 Å². The number of aromatic nitrogens is 2. The lowest BCUT2D eigenvalue weighted by Gasteiger charge is -2.26. The number of rotatable bonds is 8. The molecule has 2 heterocycles. The van der Waals surface area contributed by atoms with Crippen LogP contribution in [-0.4, -0.2) is 46.8 Å². The molecule has 0 atom stereocenters. The van der Waals surface area contributed by atoms with Gasteiger partial charge in [0, 0.05) is 23.9 Å². The quantitative estimate of drug-likeness (QED) is 0.546. The third-order valence-electron chi connectivity index (χ3n) is 5.69. The summed E-state index contributed by atoms with van der Waals surface area (Å²) in [6, 6.07) is 8.52. The summed E-state index contributed by atoms with van der Waals surface area (Å²) < 4.78 is 2.01. The van der Waals surface area contributed by atoms with Gasteiger partial charge in [-0.3, -0.25) is 9.48 Å². The smallest absolute Gasteiger partial charge is 0.244 e. The zero-order chi connectivity index (χ0) is 20.6. The van der Waals surface area contributed by atoms with Crippen molar-refractivity contribution in [1.29, 1.82) is 0 Å². The van der Waals surface area contributed by atoms with Crippen molar-refractivity contribution < 1.29 is 4.79 Å². The Morgan fingerprint density at radius 3 is 2.55 bits per heavy atom. The van der Waals surface area contributed by atoms with E-state index >= 15 is 0 Å². The normalized spacial score (nSPS) is 15.1. The van der Waals surface area contributed by atoms with E-state index in [1.165, 1.54) is 43.5 Å². The second-order valence-electron chi connectivity index (χ2n) is 8.11. The van der Waals surface area contributed by atoms with E-state index in [9.17, 15) is 4.79 Å². The molecule has 1 saturated heterocycles. The molecule has 5 nitrogen and oxygen atoms in total. The Bertz CT molecular complexity index is 829. The van der Waals surface area contributed by atoms with Gasteiger partial charge in [0.2, 0.25) is 5.91 Å². The van der Waals surface area contributed by atoms with Gasteiger partial charge in [-0.25, -0.2) is 0 Å². The summed E-state index contributed by atoms with van der Waals surface area (Å²) in [6.07, 6.45) is 8.51. The molecule has 0 aliphatic carbocycles. The number of benzene rings is 1. The van der Waals surface area contributed by atoms with E-state index in [1.807, 2.05) is 17.7 Å². The third kappa shape index (κ3) is 6.29. The van der Waals surface area contributed by atoms with Gasteiger partial charge < -0.3 is 10.2 Å². The summed E-state index contributed by atoms with van der Waals surface area (Å²) in [5.41, 5.74) is 5.54. The Morgan fingerprint density at radius 1 is 1.10 bits per heavy atom. The molecule has 1 N–H and O–H groups in total. The largest absolute Gasteiger partial charge is 0.353 e. The van der Waals surface area contributed by atoms with Crippen LogP contribution in [0.4, 0.5) is 0 Å². The number of nitrogens with zero attached hydrogens (tertiary/aromatic N) is 3. The van der Waals surface area contributed by atoms with Crippen molar-refractivity contribution in [3.8, 4) is 0 Å². The highest BCUT2D eigenvalue weighted by Gasteiger charge is 2.11. The maximum absolute atomic E-state index is 12.2. The third-order valence-corrected chi connectivity index (χ3v) is 5.69. The van der Waals surface area contributed by atoms with Gasteiger partial charge >= 0.3 is 0 Å². The number of likely N-dealkylation sites (tertiary alicyclic amines) is 1. The van der Waals surface area contributed by atoms with Crippen LogP contribution < -0.4 is 5.32 Å². The van der Waals surface area contributed by atoms with Crippen LogP contribution in [0.3, 0.4) is 0 Å². The maximum Gasteiger partial charge on any atom is 0.244 e. The summed E-state index contributed by atoms with van der Waals surface area (Å²) in [5.74, 6) is -0.0336. The lowest BCUT2D eigenvalue weighted by molar-refractivity contribution is -0.116. The van der Waals surface area contributed by atoms with Gasteiger partial charge in [0.25, 0.3) is 0 Å². The minimum Gasteiger partial charge on any atom is -0.353 e. The lowest BCUT2D eigenvalue weighted by Crippen LogP contribution is -2.33. The van der Waals surface area contributed by atoms with E-state index in [0.717, 1.165) is 43.0 Å². The Labute approximate surface area is 174 Å². The van der Waals surface area contributed by atoms with Gasteiger partial charge in [-0.1, -0.05) is 36.2 Å². The fourth-order valence-electron chi connectivity index (χ4n) is 3.89. The summed E-state index contributed by atoms with van der Waals surface area (Å²) >= 11 is 0. The fraction of sp³-hybridized carbons (Fsp3) is 0.500.